The van der Waals surface area contributed by atoms with Crippen molar-refractivity contribution in [2.45, 2.75) is 24.9 Å². The lowest BCUT2D eigenvalue weighted by Gasteiger charge is -2.14. The Balaban J connectivity index is 2.02. The van der Waals surface area contributed by atoms with Gasteiger partial charge in [0.2, 0.25) is 0 Å². The lowest BCUT2D eigenvalue weighted by atomic mass is 10.2. The molecule has 1 aromatic rings. The first-order valence-electron chi connectivity index (χ1n) is 7.25. The van der Waals surface area contributed by atoms with E-state index in [-0.39, 0.29) is 6.42 Å². The van der Waals surface area contributed by atoms with E-state index in [1.165, 1.54) is 0 Å². The molecule has 1 aliphatic rings. The van der Waals surface area contributed by atoms with Crippen LogP contribution in [0.25, 0.3) is 10.4 Å². The van der Waals surface area contributed by atoms with Gasteiger partial charge in [0.05, 0.1) is 6.10 Å². The van der Waals surface area contributed by atoms with E-state index in [2.05, 4.69) is 23.2 Å². The van der Waals surface area contributed by atoms with Gasteiger partial charge >= 0.3 is 30.0 Å². The van der Waals surface area contributed by atoms with Gasteiger partial charge in [-0.3, -0.25) is 19.2 Å². The Bertz CT molecular complexity index is 1020. The maximum Gasteiger partial charge on any atom is 0.708 e. The van der Waals surface area contributed by atoms with Gasteiger partial charge in [0, 0.05) is 35.3 Å². The number of phosphoric acid groups is 1. The van der Waals surface area contributed by atoms with Gasteiger partial charge in [0.15, 0.2) is 0 Å². The molecule has 0 spiro atoms. The molecule has 2 rings (SSSR count). The third kappa shape index (κ3) is 6.57. The second-order valence-electron chi connectivity index (χ2n) is 5.19. The van der Waals surface area contributed by atoms with Crippen LogP contribution >= 0.6 is 24.3 Å². The van der Waals surface area contributed by atoms with Gasteiger partial charge in [-0.2, -0.15) is 0 Å². The maximum atomic E-state index is 11.9. The first-order valence-corrected chi connectivity index (χ1v) is 11.0. The second-order valence-corrected chi connectivity index (χ2v) is 8.62. The van der Waals surface area contributed by atoms with Crippen LogP contribution in [0.3, 0.4) is 0 Å². The van der Waals surface area contributed by atoms with Gasteiger partial charge in [0.1, 0.15) is 24.6 Å². The summed E-state index contributed by atoms with van der Waals surface area (Å²) >= 11 is 0. The van der Waals surface area contributed by atoms with Crippen molar-refractivity contribution in [1.82, 2.24) is 9.55 Å². The predicted octanol–water partition coefficient (Wildman–Crippen LogP) is 0.584. The van der Waals surface area contributed by atoms with Gasteiger partial charge in [-0.25, -0.2) is 9.36 Å². The van der Waals surface area contributed by atoms with Crippen LogP contribution in [0.5, 0.6) is 0 Å². The molecule has 6 atom stereocenters. The monoisotopic (exact) mass is 475 g/mol. The molecule has 0 aliphatic carbocycles. The van der Waals surface area contributed by atoms with E-state index in [1.54, 1.807) is 0 Å². The number of aliphatic hydroxyl groups excluding tert-OH is 1. The van der Waals surface area contributed by atoms with Crippen LogP contribution in [-0.4, -0.2) is 43.3 Å². The van der Waals surface area contributed by atoms with Crippen LogP contribution in [0, 0.1) is 0 Å². The van der Waals surface area contributed by atoms with Crippen LogP contribution in [0.2, 0.25) is 0 Å². The molecule has 3 unspecified atom stereocenters. The van der Waals surface area contributed by atoms with E-state index < -0.39 is 66.3 Å². The van der Waals surface area contributed by atoms with Crippen LogP contribution in [0.15, 0.2) is 20.9 Å². The van der Waals surface area contributed by atoms with Crippen molar-refractivity contribution in [3.63, 3.8) is 0 Å². The molecule has 0 aromatic carbocycles. The summed E-state index contributed by atoms with van der Waals surface area (Å²) in [4.78, 5) is 45.2. The molecule has 0 bridgehead atoms. The molecule has 20 heteroatoms. The molecule has 1 aliphatic heterocycles. The Labute approximate surface area is 160 Å². The number of hydrogen-bond donors (Lipinski definition) is 4. The average molecular weight is 475 g/mol. The molecule has 29 heavy (non-hydrogen) atoms. The van der Waals surface area contributed by atoms with Crippen molar-refractivity contribution < 1.29 is 46.5 Å². The second kappa shape index (κ2) is 9.76. The summed E-state index contributed by atoms with van der Waals surface area (Å²) in [5, 5.41) is 13.1. The van der Waals surface area contributed by atoms with E-state index in [4.69, 9.17) is 20.1 Å². The molecule has 4 N–H and O–H groups in total. The number of aliphatic hydroxyl groups is 1. The summed E-state index contributed by atoms with van der Waals surface area (Å²) in [6.07, 6.45) is -2.83. The lowest BCUT2D eigenvalue weighted by molar-refractivity contribution is -0.0411. The van der Waals surface area contributed by atoms with Gasteiger partial charge in [-0.1, -0.05) is 5.11 Å². The van der Waals surface area contributed by atoms with E-state index in [0.29, 0.717) is 0 Å². The van der Waals surface area contributed by atoms with Gasteiger partial charge in [0.25, 0.3) is 5.56 Å². The molecule has 1 fully saturated rings. The molecule has 0 amide bonds. The van der Waals surface area contributed by atoms with Crippen LogP contribution < -0.4 is 11.2 Å². The highest BCUT2D eigenvalue weighted by molar-refractivity contribution is 7.61. The van der Waals surface area contributed by atoms with Gasteiger partial charge < -0.3 is 9.84 Å². The average Bonchev–Trinajstić information content (AvgIpc) is 2.94. The van der Waals surface area contributed by atoms with Crippen molar-refractivity contribution in [1.29, 1.82) is 0 Å². The zero-order chi connectivity index (χ0) is 21.8. The third-order valence-corrected chi connectivity index (χ3v) is 6.41. The number of aromatic nitrogens is 2. The van der Waals surface area contributed by atoms with E-state index in [1.807, 2.05) is 4.98 Å². The Morgan fingerprint density at radius 1 is 1.45 bits per heavy atom. The molecule has 17 nitrogen and oxygen atoms in total. The third-order valence-electron chi connectivity index (χ3n) is 3.30. The normalized spacial score (nSPS) is 24.4. The summed E-state index contributed by atoms with van der Waals surface area (Å²) in [7, 11) is -12.0. The zero-order valence-electron chi connectivity index (χ0n) is 13.9. The largest absolute Gasteiger partial charge is 0.708 e. The molecule has 0 radical (unpaired) electrons. The van der Waals surface area contributed by atoms with E-state index in [0.717, 1.165) is 10.8 Å². The molecule has 2 heterocycles. The number of nitrogens with one attached hydrogen (secondary N) is 1. The number of aromatic amines is 1. The first-order chi connectivity index (χ1) is 13.5. The van der Waals surface area contributed by atoms with Crippen LogP contribution in [0.1, 0.15) is 12.6 Å². The predicted molar refractivity (Wildman–Crippen MR) is 90.0 cm³/mol. The Kier molecular flexibility index (Phi) is 7.88. The lowest BCUT2D eigenvalue weighted by Crippen LogP contribution is -2.32. The maximum absolute atomic E-state index is 11.9. The van der Waals surface area contributed by atoms with Crippen molar-refractivity contribution in [2.24, 2.45) is 5.11 Å². The van der Waals surface area contributed by atoms with Gasteiger partial charge in [-0.05, 0) is 5.53 Å². The summed E-state index contributed by atoms with van der Waals surface area (Å²) in [5.74, 6) is 0. The molecule has 158 valence electrons. The summed E-state index contributed by atoms with van der Waals surface area (Å²) in [6.45, 7) is -0.639. The molecule has 0 saturated carbocycles. The van der Waals surface area contributed by atoms with E-state index >= 15 is 0 Å². The summed E-state index contributed by atoms with van der Waals surface area (Å²) in [6, 6.07) is 0. The number of azide groups is 1. The number of hydrogen-bond acceptors (Lipinski definition) is 11. The minimum atomic E-state index is -5.13. The fourth-order valence-electron chi connectivity index (χ4n) is 2.19. The SMILES string of the molecule is [N-]=[N+]=Nc1cn([C@H]2C[C@H](O)[C@@H](CO[P+](=O)OP(=O)(O)O[P+](=O)O)O2)c(=O)[nH]c1=O. The minimum Gasteiger partial charge on any atom is -0.390 e. The Hall–Kier alpha value is -1.86. The van der Waals surface area contributed by atoms with E-state index in [9.17, 15) is 28.4 Å². The summed E-state index contributed by atoms with van der Waals surface area (Å²) in [5.41, 5.74) is 6.14. The fourth-order valence-corrected chi connectivity index (χ4v) is 4.41. The topological polar surface area (TPSA) is 252 Å². The standard InChI is InChI=1S/C9H10N5O12P3/c10-13-12-4-2-14(9(17)11-8(4)16)7-1-5(15)6(24-7)3-23-28(20)26-29(21,22)25-27(18)19/h2,5-7,15H,1,3H2,(H-2,11,16,17,18,19,21,22)/p+2/t5-,6+,7+/m0/s1. The highest BCUT2D eigenvalue weighted by Gasteiger charge is 2.46. The molecular weight excluding hydrogens is 463 g/mol. The zero-order valence-corrected chi connectivity index (χ0v) is 16.6. The quantitative estimate of drug-likeness (QED) is 0.166. The number of ether oxygens (including phenoxy) is 1. The number of nitrogens with zero attached hydrogens (tertiary/aromatic N) is 4. The molecular formula is C9H12N5O12P3+2. The molecule has 1 saturated heterocycles. The molecule has 1 aromatic heterocycles. The number of rotatable bonds is 9. The van der Waals surface area contributed by atoms with Crippen molar-refractivity contribution in [2.75, 3.05) is 6.61 Å². The smallest absolute Gasteiger partial charge is 0.390 e. The number of H-pyrrole nitrogens is 1. The van der Waals surface area contributed by atoms with Crippen molar-refractivity contribution in [3.8, 4) is 0 Å². The minimum absolute atomic E-state index is 0.181. The van der Waals surface area contributed by atoms with Crippen molar-refractivity contribution >= 4 is 30.0 Å². The fraction of sp³-hybridized carbons (Fsp3) is 0.556. The van der Waals surface area contributed by atoms with Crippen LogP contribution in [-0.2, 0) is 31.6 Å². The summed E-state index contributed by atoms with van der Waals surface area (Å²) < 4.78 is 51.5. The highest BCUT2D eigenvalue weighted by atomic mass is 31.3. The van der Waals surface area contributed by atoms with Gasteiger partial charge in [-0.15, -0.1) is 9.42 Å². The Morgan fingerprint density at radius 3 is 2.76 bits per heavy atom. The van der Waals surface area contributed by atoms with Crippen LogP contribution in [0.4, 0.5) is 5.69 Å². The Morgan fingerprint density at radius 2 is 2.14 bits per heavy atom. The highest BCUT2D eigenvalue weighted by Crippen LogP contribution is 2.57. The first kappa shape index (κ1) is 23.4. The van der Waals surface area contributed by atoms with Crippen molar-refractivity contribution in [3.05, 3.63) is 37.5 Å².